The molecule has 1 aliphatic heterocycles. The van der Waals surface area contributed by atoms with Gasteiger partial charge < -0.3 is 9.64 Å². The SMILES string of the molecule is CC(C)(C)c1ccc(OCCCC(=O)N2CC3CC3C2)cc1. The Morgan fingerprint density at radius 1 is 1.18 bits per heavy atom. The van der Waals surface area contributed by atoms with Gasteiger partial charge in [0.2, 0.25) is 5.91 Å². The first-order valence-corrected chi connectivity index (χ1v) is 8.44. The number of ether oxygens (including phenoxy) is 1. The van der Waals surface area contributed by atoms with Crippen LogP contribution >= 0.6 is 0 Å². The van der Waals surface area contributed by atoms with E-state index in [1.165, 1.54) is 12.0 Å². The number of rotatable bonds is 5. The van der Waals surface area contributed by atoms with Crippen LogP contribution in [0.1, 0.15) is 45.6 Å². The summed E-state index contributed by atoms with van der Waals surface area (Å²) in [6, 6.07) is 8.29. The maximum Gasteiger partial charge on any atom is 0.222 e. The first-order valence-electron chi connectivity index (χ1n) is 8.44. The molecule has 1 aliphatic carbocycles. The van der Waals surface area contributed by atoms with Crippen LogP contribution < -0.4 is 4.74 Å². The third-order valence-electron chi connectivity index (χ3n) is 4.86. The molecule has 0 aromatic heterocycles. The third-order valence-corrected chi connectivity index (χ3v) is 4.86. The van der Waals surface area contributed by atoms with Crippen molar-refractivity contribution < 1.29 is 9.53 Å². The van der Waals surface area contributed by atoms with Crippen molar-refractivity contribution in [2.75, 3.05) is 19.7 Å². The fraction of sp³-hybridized carbons (Fsp3) is 0.632. The summed E-state index contributed by atoms with van der Waals surface area (Å²) >= 11 is 0. The van der Waals surface area contributed by atoms with E-state index in [0.717, 1.165) is 37.1 Å². The Kier molecular flexibility index (Phi) is 4.16. The summed E-state index contributed by atoms with van der Waals surface area (Å²) in [7, 11) is 0. The molecule has 22 heavy (non-hydrogen) atoms. The Morgan fingerprint density at radius 3 is 2.41 bits per heavy atom. The average molecular weight is 301 g/mol. The van der Waals surface area contributed by atoms with Crippen molar-refractivity contribution in [2.24, 2.45) is 11.8 Å². The summed E-state index contributed by atoms with van der Waals surface area (Å²) in [6.07, 6.45) is 2.75. The first kappa shape index (κ1) is 15.4. The van der Waals surface area contributed by atoms with Crippen molar-refractivity contribution in [2.45, 2.75) is 45.4 Å². The molecule has 2 fully saturated rings. The zero-order valence-electron chi connectivity index (χ0n) is 14.0. The number of carbonyl (C=O) groups is 1. The maximum atomic E-state index is 12.0. The van der Waals surface area contributed by atoms with E-state index >= 15 is 0 Å². The lowest BCUT2D eigenvalue weighted by atomic mass is 9.87. The second kappa shape index (κ2) is 5.94. The van der Waals surface area contributed by atoms with Crippen LogP contribution in [0.3, 0.4) is 0 Å². The van der Waals surface area contributed by atoms with E-state index in [1.807, 2.05) is 17.0 Å². The quantitative estimate of drug-likeness (QED) is 0.777. The van der Waals surface area contributed by atoms with Gasteiger partial charge in [0, 0.05) is 19.5 Å². The summed E-state index contributed by atoms with van der Waals surface area (Å²) in [5.41, 5.74) is 1.48. The summed E-state index contributed by atoms with van der Waals surface area (Å²) < 4.78 is 5.75. The molecule has 0 radical (unpaired) electrons. The lowest BCUT2D eigenvalue weighted by molar-refractivity contribution is -0.130. The highest BCUT2D eigenvalue weighted by Gasteiger charge is 2.46. The zero-order chi connectivity index (χ0) is 15.7. The fourth-order valence-electron chi connectivity index (χ4n) is 3.22. The number of hydrogen-bond acceptors (Lipinski definition) is 2. The minimum Gasteiger partial charge on any atom is -0.494 e. The van der Waals surface area contributed by atoms with Gasteiger partial charge in [-0.1, -0.05) is 32.9 Å². The highest BCUT2D eigenvalue weighted by molar-refractivity contribution is 5.76. The molecule has 2 unspecified atom stereocenters. The molecular formula is C19H27NO2. The molecule has 1 aromatic rings. The van der Waals surface area contributed by atoms with Gasteiger partial charge in [-0.2, -0.15) is 0 Å². The van der Waals surface area contributed by atoms with Crippen molar-refractivity contribution in [3.05, 3.63) is 29.8 Å². The van der Waals surface area contributed by atoms with Crippen LogP contribution in [0.25, 0.3) is 0 Å². The lowest BCUT2D eigenvalue weighted by Gasteiger charge is -2.19. The molecule has 0 spiro atoms. The first-order chi connectivity index (χ1) is 10.4. The van der Waals surface area contributed by atoms with Gasteiger partial charge >= 0.3 is 0 Å². The number of benzene rings is 1. The van der Waals surface area contributed by atoms with Crippen LogP contribution in [0.2, 0.25) is 0 Å². The molecule has 0 bridgehead atoms. The van der Waals surface area contributed by atoms with E-state index in [1.54, 1.807) is 0 Å². The minimum atomic E-state index is 0.168. The molecule has 1 aromatic carbocycles. The molecule has 1 saturated heterocycles. The monoisotopic (exact) mass is 301 g/mol. The average Bonchev–Trinajstić information content (AvgIpc) is 3.09. The number of piperidine rings is 1. The second-order valence-corrected chi connectivity index (χ2v) is 7.78. The molecule has 120 valence electrons. The van der Waals surface area contributed by atoms with Gasteiger partial charge in [0.05, 0.1) is 6.61 Å². The Hall–Kier alpha value is -1.51. The second-order valence-electron chi connectivity index (χ2n) is 7.78. The summed E-state index contributed by atoms with van der Waals surface area (Å²) in [5, 5.41) is 0. The van der Waals surface area contributed by atoms with Gasteiger partial charge in [0.1, 0.15) is 5.75 Å². The molecule has 1 amide bonds. The minimum absolute atomic E-state index is 0.168. The standard InChI is InChI=1S/C19H27NO2/c1-19(2,3)16-6-8-17(9-7-16)22-10-4-5-18(21)20-12-14-11-15(14)13-20/h6-9,14-15H,4-5,10-13H2,1-3H3. The summed E-state index contributed by atoms with van der Waals surface area (Å²) in [6.45, 7) is 9.23. The Morgan fingerprint density at radius 2 is 1.82 bits per heavy atom. The highest BCUT2D eigenvalue weighted by Crippen LogP contribution is 2.44. The third kappa shape index (κ3) is 3.63. The predicted octanol–water partition coefficient (Wildman–Crippen LogP) is 3.62. The van der Waals surface area contributed by atoms with Crippen molar-refractivity contribution in [1.82, 2.24) is 4.90 Å². The van der Waals surface area contributed by atoms with Crippen molar-refractivity contribution in [1.29, 1.82) is 0 Å². The highest BCUT2D eigenvalue weighted by atomic mass is 16.5. The van der Waals surface area contributed by atoms with Crippen LogP contribution in [-0.2, 0) is 10.2 Å². The zero-order valence-corrected chi connectivity index (χ0v) is 14.0. The normalized spacial score (nSPS) is 23.3. The number of nitrogens with zero attached hydrogens (tertiary/aromatic N) is 1. The lowest BCUT2D eigenvalue weighted by Crippen LogP contribution is -2.30. The van der Waals surface area contributed by atoms with Crippen LogP contribution in [0.4, 0.5) is 0 Å². The molecule has 2 atom stereocenters. The van der Waals surface area contributed by atoms with Crippen LogP contribution in [0.15, 0.2) is 24.3 Å². The van der Waals surface area contributed by atoms with Crippen molar-refractivity contribution >= 4 is 5.91 Å². The number of amides is 1. The van der Waals surface area contributed by atoms with Gasteiger partial charge in [-0.15, -0.1) is 0 Å². The maximum absolute atomic E-state index is 12.0. The van der Waals surface area contributed by atoms with Gasteiger partial charge in [0.15, 0.2) is 0 Å². The molecular weight excluding hydrogens is 274 g/mol. The molecule has 2 aliphatic rings. The van der Waals surface area contributed by atoms with E-state index < -0.39 is 0 Å². The smallest absolute Gasteiger partial charge is 0.222 e. The van der Waals surface area contributed by atoms with Gasteiger partial charge in [-0.05, 0) is 47.8 Å². The molecule has 1 heterocycles. The van der Waals surface area contributed by atoms with E-state index in [0.29, 0.717) is 18.9 Å². The van der Waals surface area contributed by atoms with Crippen LogP contribution in [0.5, 0.6) is 5.75 Å². The Bertz CT molecular complexity index is 519. The van der Waals surface area contributed by atoms with Crippen LogP contribution in [-0.4, -0.2) is 30.5 Å². The van der Waals surface area contributed by atoms with E-state index in [2.05, 4.69) is 32.9 Å². The summed E-state index contributed by atoms with van der Waals surface area (Å²) in [5.74, 6) is 2.84. The largest absolute Gasteiger partial charge is 0.494 e. The van der Waals surface area contributed by atoms with Gasteiger partial charge in [-0.25, -0.2) is 0 Å². The van der Waals surface area contributed by atoms with E-state index in [9.17, 15) is 4.79 Å². The van der Waals surface area contributed by atoms with E-state index in [-0.39, 0.29) is 5.41 Å². The Labute approximate surface area is 133 Å². The Balaban J connectivity index is 1.37. The molecule has 3 nitrogen and oxygen atoms in total. The van der Waals surface area contributed by atoms with E-state index in [4.69, 9.17) is 4.74 Å². The van der Waals surface area contributed by atoms with Crippen molar-refractivity contribution in [3.63, 3.8) is 0 Å². The molecule has 1 saturated carbocycles. The number of hydrogen-bond donors (Lipinski definition) is 0. The number of fused-ring (bicyclic) bond motifs is 1. The fourth-order valence-corrected chi connectivity index (χ4v) is 3.22. The van der Waals surface area contributed by atoms with Gasteiger partial charge in [-0.3, -0.25) is 4.79 Å². The number of likely N-dealkylation sites (tertiary alicyclic amines) is 1. The molecule has 0 N–H and O–H groups in total. The molecule has 3 rings (SSSR count). The molecule has 3 heteroatoms. The van der Waals surface area contributed by atoms with Crippen LogP contribution in [0, 0.1) is 11.8 Å². The topological polar surface area (TPSA) is 29.5 Å². The summed E-state index contributed by atoms with van der Waals surface area (Å²) in [4.78, 5) is 14.1. The van der Waals surface area contributed by atoms with Crippen molar-refractivity contribution in [3.8, 4) is 5.75 Å². The predicted molar refractivity (Wildman–Crippen MR) is 88.0 cm³/mol. The number of carbonyl (C=O) groups excluding carboxylic acids is 1. The van der Waals surface area contributed by atoms with Gasteiger partial charge in [0.25, 0.3) is 0 Å².